The van der Waals surface area contributed by atoms with Crippen molar-refractivity contribution in [1.29, 1.82) is 0 Å². The van der Waals surface area contributed by atoms with Gasteiger partial charge in [-0.25, -0.2) is 9.97 Å². The molecule has 1 N–H and O–H groups in total. The quantitative estimate of drug-likeness (QED) is 0.940. The van der Waals surface area contributed by atoms with Crippen LogP contribution >= 0.6 is 0 Å². The second-order valence-corrected chi connectivity index (χ2v) is 5.54. The Labute approximate surface area is 126 Å². The summed E-state index contributed by atoms with van der Waals surface area (Å²) in [6.45, 7) is 3.66. The first-order valence-corrected chi connectivity index (χ1v) is 6.87. The van der Waals surface area contributed by atoms with Gasteiger partial charge in [0.25, 0.3) is 0 Å². The van der Waals surface area contributed by atoms with E-state index in [0.29, 0.717) is 11.1 Å². The highest BCUT2D eigenvalue weighted by Gasteiger charge is 2.36. The Balaban J connectivity index is 2.38. The third-order valence-corrected chi connectivity index (χ3v) is 3.63. The van der Waals surface area contributed by atoms with E-state index in [1.54, 1.807) is 0 Å². The van der Waals surface area contributed by atoms with Gasteiger partial charge in [-0.1, -0.05) is 38.1 Å². The van der Waals surface area contributed by atoms with E-state index in [1.807, 2.05) is 13.8 Å². The number of benzene rings is 1. The lowest BCUT2D eigenvalue weighted by molar-refractivity contribution is -0.127. The topological polar surface area (TPSA) is 46.0 Å². The predicted molar refractivity (Wildman–Crippen MR) is 76.1 cm³/mol. The van der Waals surface area contributed by atoms with Gasteiger partial charge in [-0.05, 0) is 17.0 Å². The lowest BCUT2D eigenvalue weighted by atomic mass is 9.78. The van der Waals surface area contributed by atoms with Gasteiger partial charge in [0.05, 0.1) is 6.42 Å². The molecule has 0 spiro atoms. The van der Waals surface area contributed by atoms with E-state index in [2.05, 4.69) is 9.97 Å². The number of rotatable bonds is 4. The van der Waals surface area contributed by atoms with Gasteiger partial charge < -0.3 is 5.11 Å². The number of aliphatic hydroxyl groups is 1. The molecule has 22 heavy (non-hydrogen) atoms. The summed E-state index contributed by atoms with van der Waals surface area (Å²) in [5.74, 6) is -0.202. The van der Waals surface area contributed by atoms with Gasteiger partial charge in [0, 0.05) is 18.0 Å². The zero-order valence-electron chi connectivity index (χ0n) is 12.3. The van der Waals surface area contributed by atoms with E-state index in [0.717, 1.165) is 0 Å². The third kappa shape index (κ3) is 3.44. The summed E-state index contributed by atoms with van der Waals surface area (Å²) in [6.07, 6.45) is -0.852. The minimum Gasteiger partial charge on any atom is -0.380 e. The first-order chi connectivity index (χ1) is 10.2. The highest BCUT2D eigenvalue weighted by molar-refractivity contribution is 5.36. The summed E-state index contributed by atoms with van der Waals surface area (Å²) < 4.78 is 37.2. The second-order valence-electron chi connectivity index (χ2n) is 5.54. The Kier molecular flexibility index (Phi) is 4.51. The molecule has 0 fully saturated rings. The molecule has 0 amide bonds. The predicted octanol–water partition coefficient (Wildman–Crippen LogP) is 3.47. The van der Waals surface area contributed by atoms with Crippen molar-refractivity contribution in [3.8, 4) is 0 Å². The Morgan fingerprint density at radius 3 is 2.00 bits per heavy atom. The van der Waals surface area contributed by atoms with Crippen LogP contribution in [0.3, 0.4) is 0 Å². The van der Waals surface area contributed by atoms with Gasteiger partial charge >= 0.3 is 6.18 Å². The van der Waals surface area contributed by atoms with E-state index in [-0.39, 0.29) is 11.5 Å². The van der Waals surface area contributed by atoms with Gasteiger partial charge in [-0.3, -0.25) is 0 Å². The van der Waals surface area contributed by atoms with Crippen molar-refractivity contribution in [1.82, 2.24) is 9.97 Å². The fraction of sp³-hybridized carbons (Fsp3) is 0.375. The standard InChI is InChI=1S/C16H17F3N2O/c1-11(2)16(22,14-8-20-10-21-9-14)13-5-3-12(4-6-13)7-15(17,18)19/h3-6,8-11,22H,7H2,1-2H3. The van der Waals surface area contributed by atoms with Crippen molar-refractivity contribution >= 4 is 0 Å². The van der Waals surface area contributed by atoms with Gasteiger partial charge in [0.2, 0.25) is 0 Å². The van der Waals surface area contributed by atoms with Crippen LogP contribution in [0, 0.1) is 5.92 Å². The van der Waals surface area contributed by atoms with E-state index in [9.17, 15) is 18.3 Å². The Morgan fingerprint density at radius 2 is 1.55 bits per heavy atom. The van der Waals surface area contributed by atoms with Crippen LogP contribution in [0.15, 0.2) is 43.0 Å². The molecule has 1 unspecified atom stereocenters. The minimum absolute atomic E-state index is 0.159. The lowest BCUT2D eigenvalue weighted by Gasteiger charge is -2.32. The summed E-state index contributed by atoms with van der Waals surface area (Å²) in [4.78, 5) is 7.81. The lowest BCUT2D eigenvalue weighted by Crippen LogP contribution is -2.33. The molecule has 0 saturated carbocycles. The zero-order chi connectivity index (χ0) is 16.4. The monoisotopic (exact) mass is 310 g/mol. The molecule has 1 heterocycles. The number of hydrogen-bond acceptors (Lipinski definition) is 3. The van der Waals surface area contributed by atoms with Gasteiger partial charge in [-0.2, -0.15) is 13.2 Å². The smallest absolute Gasteiger partial charge is 0.380 e. The number of nitrogens with zero attached hydrogens (tertiary/aromatic N) is 2. The highest BCUT2D eigenvalue weighted by Crippen LogP contribution is 2.36. The molecule has 0 aliphatic rings. The third-order valence-electron chi connectivity index (χ3n) is 3.63. The van der Waals surface area contributed by atoms with Gasteiger partial charge in [0.15, 0.2) is 0 Å². The molecule has 1 aromatic heterocycles. The number of halogens is 3. The van der Waals surface area contributed by atoms with Crippen molar-refractivity contribution in [2.75, 3.05) is 0 Å². The molecule has 2 aromatic rings. The van der Waals surface area contributed by atoms with Gasteiger partial charge in [0.1, 0.15) is 11.9 Å². The van der Waals surface area contributed by atoms with Crippen molar-refractivity contribution in [3.05, 3.63) is 59.7 Å². The molecule has 118 valence electrons. The molecule has 0 aliphatic carbocycles. The molecule has 2 rings (SSSR count). The van der Waals surface area contributed by atoms with Crippen LogP contribution in [0.1, 0.15) is 30.5 Å². The van der Waals surface area contributed by atoms with Crippen molar-refractivity contribution < 1.29 is 18.3 Å². The number of aromatic nitrogens is 2. The van der Waals surface area contributed by atoms with Crippen molar-refractivity contribution in [2.45, 2.75) is 32.0 Å². The Hall–Kier alpha value is -1.95. The fourth-order valence-corrected chi connectivity index (χ4v) is 2.44. The summed E-state index contributed by atoms with van der Waals surface area (Å²) >= 11 is 0. The van der Waals surface area contributed by atoms with Crippen LogP contribution in [0.2, 0.25) is 0 Å². The van der Waals surface area contributed by atoms with Crippen LogP contribution in [0.5, 0.6) is 0 Å². The largest absolute Gasteiger partial charge is 0.393 e. The molecule has 3 nitrogen and oxygen atoms in total. The van der Waals surface area contributed by atoms with Crippen LogP contribution in [0.25, 0.3) is 0 Å². The van der Waals surface area contributed by atoms with Crippen LogP contribution in [-0.2, 0) is 12.0 Å². The zero-order valence-corrected chi connectivity index (χ0v) is 12.3. The van der Waals surface area contributed by atoms with Crippen LogP contribution < -0.4 is 0 Å². The van der Waals surface area contributed by atoms with Crippen molar-refractivity contribution in [3.63, 3.8) is 0 Å². The first kappa shape index (κ1) is 16.4. The molecule has 0 saturated heterocycles. The summed E-state index contributed by atoms with van der Waals surface area (Å²) in [5.41, 5.74) is -0.165. The maximum atomic E-state index is 12.4. The Morgan fingerprint density at radius 1 is 1.00 bits per heavy atom. The maximum absolute atomic E-state index is 12.4. The minimum atomic E-state index is -4.25. The molecule has 1 aromatic carbocycles. The van der Waals surface area contributed by atoms with Crippen molar-refractivity contribution in [2.24, 2.45) is 5.92 Å². The second kappa shape index (κ2) is 6.04. The number of hydrogen-bond donors (Lipinski definition) is 1. The van der Waals surface area contributed by atoms with E-state index >= 15 is 0 Å². The van der Waals surface area contributed by atoms with Crippen LogP contribution in [-0.4, -0.2) is 21.3 Å². The molecule has 0 bridgehead atoms. The summed E-state index contributed by atoms with van der Waals surface area (Å²) in [7, 11) is 0. The SMILES string of the molecule is CC(C)C(O)(c1ccc(CC(F)(F)F)cc1)c1cncnc1. The van der Waals surface area contributed by atoms with Gasteiger partial charge in [-0.15, -0.1) is 0 Å². The molecule has 0 aliphatic heterocycles. The van der Waals surface area contributed by atoms with E-state index in [4.69, 9.17) is 0 Å². The average molecular weight is 310 g/mol. The molecule has 0 radical (unpaired) electrons. The highest BCUT2D eigenvalue weighted by atomic mass is 19.4. The fourth-order valence-electron chi connectivity index (χ4n) is 2.44. The summed E-state index contributed by atoms with van der Waals surface area (Å²) in [5, 5.41) is 11.1. The molecule has 6 heteroatoms. The maximum Gasteiger partial charge on any atom is 0.393 e. The van der Waals surface area contributed by atoms with Crippen LogP contribution in [0.4, 0.5) is 13.2 Å². The number of alkyl halides is 3. The Bertz CT molecular complexity index is 612. The van der Waals surface area contributed by atoms with E-state index < -0.39 is 18.2 Å². The normalized spacial score (nSPS) is 14.9. The average Bonchev–Trinajstić information content (AvgIpc) is 2.46. The summed E-state index contributed by atoms with van der Waals surface area (Å²) in [6, 6.07) is 5.82. The molecular weight excluding hydrogens is 293 g/mol. The first-order valence-electron chi connectivity index (χ1n) is 6.87. The van der Waals surface area contributed by atoms with E-state index in [1.165, 1.54) is 43.0 Å². The molecular formula is C16H17F3N2O. The molecule has 1 atom stereocenters.